The van der Waals surface area contributed by atoms with E-state index < -0.39 is 0 Å². The summed E-state index contributed by atoms with van der Waals surface area (Å²) in [6.07, 6.45) is 1.66. The fourth-order valence-corrected chi connectivity index (χ4v) is 2.19. The summed E-state index contributed by atoms with van der Waals surface area (Å²) in [6, 6.07) is 1.74. The van der Waals surface area contributed by atoms with E-state index in [4.69, 9.17) is 14.2 Å². The van der Waals surface area contributed by atoms with Gasteiger partial charge in [0.25, 0.3) is 0 Å². The highest BCUT2D eigenvalue weighted by Crippen LogP contribution is 2.36. The van der Waals surface area contributed by atoms with Crippen molar-refractivity contribution in [3.8, 4) is 11.5 Å². The van der Waals surface area contributed by atoms with E-state index in [1.165, 1.54) is 0 Å². The molecule has 17 heavy (non-hydrogen) atoms. The van der Waals surface area contributed by atoms with Crippen LogP contribution in [0.2, 0.25) is 0 Å². The molecule has 2 rings (SSSR count). The van der Waals surface area contributed by atoms with E-state index in [1.54, 1.807) is 20.3 Å². The number of fused-ring (bicyclic) bond motifs is 1. The van der Waals surface area contributed by atoms with Crippen molar-refractivity contribution in [1.29, 1.82) is 0 Å². The van der Waals surface area contributed by atoms with E-state index in [2.05, 4.69) is 0 Å². The lowest BCUT2D eigenvalue weighted by molar-refractivity contribution is 0.0393. The summed E-state index contributed by atoms with van der Waals surface area (Å²) in [6.45, 7) is 2.47. The molecule has 1 aromatic rings. The lowest BCUT2D eigenvalue weighted by Gasteiger charge is -2.26. The lowest BCUT2D eigenvalue weighted by atomic mass is 9.93. The molecule has 0 saturated carbocycles. The maximum atomic E-state index is 11.2. The molecule has 92 valence electrons. The second kappa shape index (κ2) is 4.75. The molecule has 0 N–H and O–H groups in total. The highest BCUT2D eigenvalue weighted by molar-refractivity contribution is 5.83. The summed E-state index contributed by atoms with van der Waals surface area (Å²) in [5.41, 5.74) is 2.54. The van der Waals surface area contributed by atoms with Crippen LogP contribution in [0.15, 0.2) is 6.07 Å². The largest absolute Gasteiger partial charge is 0.496 e. The number of carbonyl (C=O) groups excluding carboxylic acids is 1. The summed E-state index contributed by atoms with van der Waals surface area (Å²) in [5, 5.41) is 0. The van der Waals surface area contributed by atoms with Crippen molar-refractivity contribution in [2.45, 2.75) is 26.1 Å². The number of hydrogen-bond donors (Lipinski definition) is 0. The highest BCUT2D eigenvalue weighted by Gasteiger charge is 2.24. The van der Waals surface area contributed by atoms with Crippen molar-refractivity contribution in [2.24, 2.45) is 0 Å². The fourth-order valence-electron chi connectivity index (χ4n) is 2.19. The van der Waals surface area contributed by atoms with Gasteiger partial charge in [0.2, 0.25) is 0 Å². The number of methoxy groups -OCH3 is 2. The Morgan fingerprint density at radius 3 is 2.59 bits per heavy atom. The average Bonchev–Trinajstić information content (AvgIpc) is 2.36. The van der Waals surface area contributed by atoms with E-state index in [-0.39, 0.29) is 6.10 Å². The first-order valence-electron chi connectivity index (χ1n) is 5.54. The van der Waals surface area contributed by atoms with Crippen LogP contribution in [-0.2, 0) is 17.8 Å². The van der Waals surface area contributed by atoms with Gasteiger partial charge in [-0.1, -0.05) is 0 Å². The van der Waals surface area contributed by atoms with Crippen molar-refractivity contribution in [1.82, 2.24) is 0 Å². The molecule has 0 radical (unpaired) electrons. The molecule has 1 unspecified atom stereocenters. The fraction of sp³-hybridized carbons (Fsp3) is 0.462. The van der Waals surface area contributed by atoms with E-state index in [1.807, 2.05) is 6.92 Å². The van der Waals surface area contributed by atoms with E-state index in [0.717, 1.165) is 17.4 Å². The van der Waals surface area contributed by atoms with Crippen LogP contribution in [0.5, 0.6) is 11.5 Å². The Hall–Kier alpha value is -1.55. The summed E-state index contributed by atoms with van der Waals surface area (Å²) in [5.74, 6) is 1.28. The summed E-state index contributed by atoms with van der Waals surface area (Å²) >= 11 is 0. The average molecular weight is 236 g/mol. The van der Waals surface area contributed by atoms with Gasteiger partial charge < -0.3 is 14.2 Å². The number of rotatable bonds is 3. The minimum atomic E-state index is 0.109. The van der Waals surface area contributed by atoms with Gasteiger partial charge in [0, 0.05) is 11.6 Å². The van der Waals surface area contributed by atoms with Gasteiger partial charge in [-0.25, -0.2) is 0 Å². The molecular formula is C13H16O4. The molecule has 0 fully saturated rings. The quantitative estimate of drug-likeness (QED) is 0.753. The third-order valence-corrected chi connectivity index (χ3v) is 3.08. The second-order valence-corrected chi connectivity index (χ2v) is 4.10. The number of ether oxygens (including phenoxy) is 3. The van der Waals surface area contributed by atoms with Crippen molar-refractivity contribution in [3.63, 3.8) is 0 Å². The normalized spacial score (nSPS) is 18.4. The third kappa shape index (κ3) is 2.00. The van der Waals surface area contributed by atoms with Gasteiger partial charge >= 0.3 is 0 Å². The first-order valence-corrected chi connectivity index (χ1v) is 5.54. The molecule has 1 aliphatic rings. The minimum Gasteiger partial charge on any atom is -0.496 e. The molecule has 1 atom stereocenters. The van der Waals surface area contributed by atoms with Crippen LogP contribution >= 0.6 is 0 Å². The van der Waals surface area contributed by atoms with Crippen LogP contribution in [-0.4, -0.2) is 26.6 Å². The second-order valence-electron chi connectivity index (χ2n) is 4.10. The maximum Gasteiger partial charge on any atom is 0.154 e. The monoisotopic (exact) mass is 236 g/mol. The Balaban J connectivity index is 2.63. The minimum absolute atomic E-state index is 0.109. The molecule has 1 aromatic carbocycles. The van der Waals surface area contributed by atoms with Crippen LogP contribution < -0.4 is 9.47 Å². The number of carbonyl (C=O) groups is 1. The van der Waals surface area contributed by atoms with Crippen LogP contribution in [0.25, 0.3) is 0 Å². The Kier molecular flexibility index (Phi) is 3.33. The zero-order chi connectivity index (χ0) is 12.4. The maximum absolute atomic E-state index is 11.2. The Morgan fingerprint density at radius 1 is 1.29 bits per heavy atom. The van der Waals surface area contributed by atoms with Gasteiger partial charge in [0.05, 0.1) is 32.5 Å². The summed E-state index contributed by atoms with van der Waals surface area (Å²) in [7, 11) is 3.16. The Bertz CT molecular complexity index is 440. The zero-order valence-corrected chi connectivity index (χ0v) is 10.3. The topological polar surface area (TPSA) is 44.8 Å². The molecule has 0 saturated heterocycles. The molecule has 0 spiro atoms. The first-order chi connectivity index (χ1) is 8.21. The van der Waals surface area contributed by atoms with Crippen molar-refractivity contribution < 1.29 is 19.0 Å². The molecule has 0 bridgehead atoms. The first kappa shape index (κ1) is 11.9. The summed E-state index contributed by atoms with van der Waals surface area (Å²) < 4.78 is 16.1. The van der Waals surface area contributed by atoms with Gasteiger partial charge in [-0.2, -0.15) is 0 Å². The number of hydrogen-bond acceptors (Lipinski definition) is 4. The lowest BCUT2D eigenvalue weighted by Crippen LogP contribution is -2.21. The smallest absolute Gasteiger partial charge is 0.154 e. The molecule has 4 heteroatoms. The molecule has 0 aliphatic carbocycles. The van der Waals surface area contributed by atoms with E-state index in [9.17, 15) is 4.79 Å². The van der Waals surface area contributed by atoms with E-state index >= 15 is 0 Å². The molecular weight excluding hydrogens is 220 g/mol. The molecule has 0 amide bonds. The number of aldehydes is 1. The zero-order valence-electron chi connectivity index (χ0n) is 10.3. The van der Waals surface area contributed by atoms with Gasteiger partial charge in [-0.15, -0.1) is 0 Å². The van der Waals surface area contributed by atoms with Gasteiger partial charge in [-0.05, 0) is 18.9 Å². The van der Waals surface area contributed by atoms with Crippen molar-refractivity contribution >= 4 is 6.29 Å². The van der Waals surface area contributed by atoms with E-state index in [0.29, 0.717) is 30.1 Å². The van der Waals surface area contributed by atoms with Crippen LogP contribution in [0.1, 0.15) is 28.4 Å². The third-order valence-electron chi connectivity index (χ3n) is 3.08. The Morgan fingerprint density at radius 2 is 2.00 bits per heavy atom. The van der Waals surface area contributed by atoms with Gasteiger partial charge in [0.15, 0.2) is 6.29 Å². The Labute approximate surface area is 100 Å². The van der Waals surface area contributed by atoms with Crippen LogP contribution in [0, 0.1) is 0 Å². The van der Waals surface area contributed by atoms with Crippen molar-refractivity contribution in [3.05, 3.63) is 22.8 Å². The predicted octanol–water partition coefficient (Wildman–Crippen LogP) is 1.98. The molecule has 1 heterocycles. The van der Waals surface area contributed by atoms with Gasteiger partial charge in [-0.3, -0.25) is 4.79 Å². The van der Waals surface area contributed by atoms with Crippen LogP contribution in [0.3, 0.4) is 0 Å². The molecule has 1 aliphatic heterocycles. The SMILES string of the molecule is COc1cc(OC)c2c(c1C=O)CC(C)OC2. The van der Waals surface area contributed by atoms with Gasteiger partial charge in [0.1, 0.15) is 11.5 Å². The standard InChI is InChI=1S/C13H16O4/c1-8-4-9-10(6-14)12(15-2)5-13(16-3)11(9)7-17-8/h5-6,8H,4,7H2,1-3H3. The predicted molar refractivity (Wildman–Crippen MR) is 62.9 cm³/mol. The molecule has 4 nitrogen and oxygen atoms in total. The van der Waals surface area contributed by atoms with Crippen molar-refractivity contribution in [2.75, 3.05) is 14.2 Å². The van der Waals surface area contributed by atoms with Crippen LogP contribution in [0.4, 0.5) is 0 Å². The molecule has 0 aromatic heterocycles. The highest BCUT2D eigenvalue weighted by atomic mass is 16.5. The number of benzene rings is 1. The summed E-state index contributed by atoms with van der Waals surface area (Å²) in [4.78, 5) is 11.2.